The second kappa shape index (κ2) is 6.29. The molecule has 0 saturated heterocycles. The molecule has 6 rings (SSSR count). The van der Waals surface area contributed by atoms with Crippen molar-refractivity contribution >= 4 is 0 Å². The maximum atomic E-state index is 6.60. The molecular formula is C21H32N2O2. The van der Waals surface area contributed by atoms with E-state index in [1.165, 1.54) is 70.6 Å². The third-order valence-electron chi connectivity index (χ3n) is 7.39. The largest absolute Gasteiger partial charge is 0.481 e. The van der Waals surface area contributed by atoms with Gasteiger partial charge in [-0.05, 0) is 69.1 Å². The summed E-state index contributed by atoms with van der Waals surface area (Å²) < 4.78 is 14.4. The van der Waals surface area contributed by atoms with Gasteiger partial charge in [0.1, 0.15) is 0 Å². The predicted octanol–water partition coefficient (Wildman–Crippen LogP) is 4.88. The lowest BCUT2D eigenvalue weighted by atomic mass is 9.54. The molecule has 0 aromatic carbocycles. The minimum absolute atomic E-state index is 0.163. The first-order chi connectivity index (χ1) is 12.2. The summed E-state index contributed by atoms with van der Waals surface area (Å²) in [5.74, 6) is 3.71. The van der Waals surface area contributed by atoms with Gasteiger partial charge in [0.05, 0.1) is 31.1 Å². The fourth-order valence-electron chi connectivity index (χ4n) is 6.67. The highest BCUT2D eigenvalue weighted by atomic mass is 16.5. The van der Waals surface area contributed by atoms with Gasteiger partial charge in [-0.2, -0.15) is 5.10 Å². The van der Waals surface area contributed by atoms with Crippen LogP contribution in [-0.4, -0.2) is 22.5 Å². The molecule has 1 aromatic heterocycles. The van der Waals surface area contributed by atoms with Gasteiger partial charge >= 0.3 is 0 Å². The number of ether oxygens (including phenoxy) is 2. The van der Waals surface area contributed by atoms with Crippen LogP contribution < -0.4 is 4.74 Å². The normalized spacial score (nSPS) is 37.6. The van der Waals surface area contributed by atoms with Gasteiger partial charge in [-0.1, -0.05) is 19.3 Å². The summed E-state index contributed by atoms with van der Waals surface area (Å²) in [5.41, 5.74) is 1.22. The number of rotatable bonds is 5. The molecule has 0 radical (unpaired) electrons. The Bertz CT molecular complexity index is 582. The van der Waals surface area contributed by atoms with E-state index in [4.69, 9.17) is 14.6 Å². The number of hydrogen-bond acceptors (Lipinski definition) is 3. The Labute approximate surface area is 151 Å². The average Bonchev–Trinajstić information content (AvgIpc) is 3.03. The fraction of sp³-hybridized carbons (Fsp3) is 0.857. The third-order valence-corrected chi connectivity index (χ3v) is 7.39. The van der Waals surface area contributed by atoms with Gasteiger partial charge < -0.3 is 9.47 Å². The molecule has 0 spiro atoms. The van der Waals surface area contributed by atoms with E-state index in [0.29, 0.717) is 12.6 Å². The molecule has 5 fully saturated rings. The van der Waals surface area contributed by atoms with Crippen LogP contribution in [0, 0.1) is 17.8 Å². The van der Waals surface area contributed by atoms with Crippen molar-refractivity contribution in [1.29, 1.82) is 0 Å². The van der Waals surface area contributed by atoms with Crippen LogP contribution in [0.25, 0.3) is 0 Å². The molecule has 4 heteroatoms. The van der Waals surface area contributed by atoms with E-state index in [0.717, 1.165) is 29.3 Å². The summed E-state index contributed by atoms with van der Waals surface area (Å²) in [6, 6.07) is 2.62. The van der Waals surface area contributed by atoms with E-state index in [-0.39, 0.29) is 5.60 Å². The highest BCUT2D eigenvalue weighted by Crippen LogP contribution is 2.57. The maximum absolute atomic E-state index is 6.60. The lowest BCUT2D eigenvalue weighted by Crippen LogP contribution is -2.51. The predicted molar refractivity (Wildman–Crippen MR) is 96.6 cm³/mol. The average molecular weight is 344 g/mol. The topological polar surface area (TPSA) is 36.3 Å². The van der Waals surface area contributed by atoms with Crippen molar-refractivity contribution in [3.63, 3.8) is 0 Å². The Morgan fingerprint density at radius 1 is 1.04 bits per heavy atom. The number of hydrogen-bond donors (Lipinski definition) is 0. The van der Waals surface area contributed by atoms with E-state index >= 15 is 0 Å². The highest BCUT2D eigenvalue weighted by Gasteiger charge is 2.51. The molecular weight excluding hydrogens is 312 g/mol. The molecule has 1 aromatic rings. The molecule has 5 aliphatic carbocycles. The number of aromatic nitrogens is 2. The Balaban J connectivity index is 1.29. The molecule has 0 atom stereocenters. The Hall–Kier alpha value is -1.03. The SMILES string of the molecule is COc1cc(COC23CC4CC(CC(C4)C2)C3)nn1C1CCCCC1. The van der Waals surface area contributed by atoms with E-state index in [1.54, 1.807) is 7.11 Å². The van der Waals surface area contributed by atoms with Gasteiger partial charge in [0.25, 0.3) is 0 Å². The monoisotopic (exact) mass is 344 g/mol. The minimum Gasteiger partial charge on any atom is -0.481 e. The standard InChI is InChI=1S/C21H32N2O2/c1-24-20-10-18(22-23(20)19-5-3-2-4-6-19)14-25-21-11-15-7-16(12-21)9-17(8-15)13-21/h10,15-17,19H,2-9,11-14H2,1H3. The Morgan fingerprint density at radius 3 is 2.28 bits per heavy atom. The molecule has 4 bridgehead atoms. The summed E-state index contributed by atoms with van der Waals surface area (Å²) in [6.45, 7) is 0.655. The lowest BCUT2D eigenvalue weighted by molar-refractivity contribution is -0.169. The summed E-state index contributed by atoms with van der Waals surface area (Å²) in [5, 5.41) is 4.89. The third kappa shape index (κ3) is 3.01. The molecule has 4 nitrogen and oxygen atoms in total. The van der Waals surface area contributed by atoms with Gasteiger partial charge in [0, 0.05) is 6.07 Å². The van der Waals surface area contributed by atoms with Crippen LogP contribution in [0.4, 0.5) is 0 Å². The number of methoxy groups -OCH3 is 1. The van der Waals surface area contributed by atoms with Gasteiger partial charge in [-0.15, -0.1) is 0 Å². The van der Waals surface area contributed by atoms with Crippen LogP contribution in [0.1, 0.15) is 82.4 Å². The molecule has 0 unspecified atom stereocenters. The maximum Gasteiger partial charge on any atom is 0.212 e. The summed E-state index contributed by atoms with van der Waals surface area (Å²) in [4.78, 5) is 0. The first-order valence-corrected chi connectivity index (χ1v) is 10.5. The van der Waals surface area contributed by atoms with Gasteiger partial charge in [0.2, 0.25) is 5.88 Å². The first kappa shape index (κ1) is 16.2. The number of nitrogens with zero attached hydrogens (tertiary/aromatic N) is 2. The van der Waals surface area contributed by atoms with Crippen LogP contribution in [0.15, 0.2) is 6.07 Å². The highest BCUT2D eigenvalue weighted by molar-refractivity contribution is 5.17. The Morgan fingerprint density at radius 2 is 1.68 bits per heavy atom. The van der Waals surface area contributed by atoms with Crippen molar-refractivity contribution < 1.29 is 9.47 Å². The van der Waals surface area contributed by atoms with Crippen molar-refractivity contribution in [3.8, 4) is 5.88 Å². The van der Waals surface area contributed by atoms with E-state index in [2.05, 4.69) is 10.7 Å². The van der Waals surface area contributed by atoms with Crippen LogP contribution in [-0.2, 0) is 11.3 Å². The first-order valence-electron chi connectivity index (χ1n) is 10.5. The summed E-state index contributed by atoms with van der Waals surface area (Å²) in [6.07, 6.45) is 14.7. The van der Waals surface area contributed by atoms with Crippen LogP contribution in [0.5, 0.6) is 5.88 Å². The summed E-state index contributed by atoms with van der Waals surface area (Å²) >= 11 is 0. The van der Waals surface area contributed by atoms with E-state index in [1.807, 2.05) is 0 Å². The second-order valence-corrected chi connectivity index (χ2v) is 9.30. The van der Waals surface area contributed by atoms with Gasteiger partial charge in [-0.25, -0.2) is 4.68 Å². The van der Waals surface area contributed by atoms with Crippen molar-refractivity contribution in [2.45, 2.75) is 88.9 Å². The molecule has 5 saturated carbocycles. The second-order valence-electron chi connectivity index (χ2n) is 9.30. The quantitative estimate of drug-likeness (QED) is 0.763. The molecule has 0 N–H and O–H groups in total. The molecule has 138 valence electrons. The van der Waals surface area contributed by atoms with Crippen molar-refractivity contribution in [1.82, 2.24) is 9.78 Å². The summed E-state index contributed by atoms with van der Waals surface area (Å²) in [7, 11) is 1.76. The zero-order valence-corrected chi connectivity index (χ0v) is 15.6. The lowest BCUT2D eigenvalue weighted by Gasteiger charge is -2.56. The minimum atomic E-state index is 0.163. The molecule has 25 heavy (non-hydrogen) atoms. The van der Waals surface area contributed by atoms with Crippen molar-refractivity contribution in [2.24, 2.45) is 17.8 Å². The van der Waals surface area contributed by atoms with Crippen LogP contribution in [0.2, 0.25) is 0 Å². The van der Waals surface area contributed by atoms with Gasteiger partial charge in [0.15, 0.2) is 0 Å². The zero-order chi connectivity index (χ0) is 16.9. The smallest absolute Gasteiger partial charge is 0.212 e. The Kier molecular flexibility index (Phi) is 4.07. The van der Waals surface area contributed by atoms with Crippen molar-refractivity contribution in [2.75, 3.05) is 7.11 Å². The molecule has 0 amide bonds. The molecule has 1 heterocycles. The van der Waals surface area contributed by atoms with E-state index < -0.39 is 0 Å². The fourth-order valence-corrected chi connectivity index (χ4v) is 6.67. The molecule has 0 aliphatic heterocycles. The molecule has 5 aliphatic rings. The van der Waals surface area contributed by atoms with Crippen molar-refractivity contribution in [3.05, 3.63) is 11.8 Å². The van der Waals surface area contributed by atoms with E-state index in [9.17, 15) is 0 Å². The zero-order valence-electron chi connectivity index (χ0n) is 15.6. The van der Waals surface area contributed by atoms with Gasteiger partial charge in [-0.3, -0.25) is 0 Å². The van der Waals surface area contributed by atoms with Crippen LogP contribution >= 0.6 is 0 Å². The van der Waals surface area contributed by atoms with Crippen LogP contribution in [0.3, 0.4) is 0 Å².